The van der Waals surface area contributed by atoms with E-state index in [1.807, 2.05) is 13.8 Å². The van der Waals surface area contributed by atoms with E-state index >= 15 is 0 Å². The van der Waals surface area contributed by atoms with E-state index in [2.05, 4.69) is 15.5 Å². The fourth-order valence-electron chi connectivity index (χ4n) is 2.48. The number of methoxy groups -OCH3 is 1. The standard InChI is InChI=1S/C13H24N4O3S/c1-10(2)14-6-12-7-15-16-13(12)21(18,19)17-5-4-11(8-17)9-20-3/h7,10-11,14H,4-6,8-9H2,1-3H3,(H,15,16). The van der Waals surface area contributed by atoms with Crippen molar-refractivity contribution in [3.63, 3.8) is 0 Å². The molecule has 0 spiro atoms. The molecule has 1 fully saturated rings. The van der Waals surface area contributed by atoms with Crippen LogP contribution in [0.2, 0.25) is 0 Å². The molecular formula is C13H24N4O3S. The SMILES string of the molecule is COCC1CCN(S(=O)(=O)c2[nH]ncc2CNC(C)C)C1. The van der Waals surface area contributed by atoms with Crippen LogP contribution in [0.5, 0.6) is 0 Å². The van der Waals surface area contributed by atoms with Gasteiger partial charge in [0.1, 0.15) is 0 Å². The van der Waals surface area contributed by atoms with Gasteiger partial charge in [0.15, 0.2) is 5.03 Å². The molecule has 0 amide bonds. The fourth-order valence-corrected chi connectivity index (χ4v) is 4.11. The maximum atomic E-state index is 12.7. The molecule has 1 aliphatic rings. The summed E-state index contributed by atoms with van der Waals surface area (Å²) in [4.78, 5) is 0. The first kappa shape index (κ1) is 16.4. The van der Waals surface area contributed by atoms with Gasteiger partial charge in [0, 0.05) is 38.3 Å². The Morgan fingerprint density at radius 2 is 2.33 bits per heavy atom. The van der Waals surface area contributed by atoms with E-state index in [-0.39, 0.29) is 17.0 Å². The van der Waals surface area contributed by atoms with Crippen LogP contribution in [0.1, 0.15) is 25.8 Å². The Labute approximate surface area is 126 Å². The summed E-state index contributed by atoms with van der Waals surface area (Å²) in [6, 6.07) is 0.285. The summed E-state index contributed by atoms with van der Waals surface area (Å²) in [5.41, 5.74) is 0.680. The molecule has 8 heteroatoms. The quantitative estimate of drug-likeness (QED) is 0.768. The Kier molecular flexibility index (Phi) is 5.37. The van der Waals surface area contributed by atoms with Gasteiger partial charge in [-0.1, -0.05) is 13.8 Å². The predicted octanol–water partition coefficient (Wildman–Crippen LogP) is 0.565. The largest absolute Gasteiger partial charge is 0.384 e. The van der Waals surface area contributed by atoms with Gasteiger partial charge in [0.2, 0.25) is 0 Å². The van der Waals surface area contributed by atoms with Crippen LogP contribution in [-0.2, 0) is 21.3 Å². The predicted molar refractivity (Wildman–Crippen MR) is 79.3 cm³/mol. The highest BCUT2D eigenvalue weighted by Crippen LogP contribution is 2.25. The second-order valence-corrected chi connectivity index (χ2v) is 7.61. The molecule has 7 nitrogen and oxygen atoms in total. The number of ether oxygens (including phenoxy) is 1. The minimum atomic E-state index is -3.51. The maximum absolute atomic E-state index is 12.7. The van der Waals surface area contributed by atoms with Crippen molar-refractivity contribution in [1.82, 2.24) is 19.8 Å². The highest BCUT2D eigenvalue weighted by molar-refractivity contribution is 7.89. The van der Waals surface area contributed by atoms with E-state index in [1.54, 1.807) is 13.3 Å². The second kappa shape index (κ2) is 6.87. The number of sulfonamides is 1. The van der Waals surface area contributed by atoms with Crippen molar-refractivity contribution < 1.29 is 13.2 Å². The smallest absolute Gasteiger partial charge is 0.260 e. The molecule has 120 valence electrons. The molecule has 1 aromatic heterocycles. The summed E-state index contributed by atoms with van der Waals surface area (Å²) in [5, 5.41) is 9.96. The van der Waals surface area contributed by atoms with Crippen molar-refractivity contribution in [1.29, 1.82) is 0 Å². The van der Waals surface area contributed by atoms with Crippen molar-refractivity contribution in [3.8, 4) is 0 Å². The summed E-state index contributed by atoms with van der Waals surface area (Å²) < 4.78 is 32.0. The van der Waals surface area contributed by atoms with Crippen LogP contribution in [0.3, 0.4) is 0 Å². The van der Waals surface area contributed by atoms with Crippen LogP contribution in [0, 0.1) is 5.92 Å². The Balaban J connectivity index is 2.12. The highest BCUT2D eigenvalue weighted by Gasteiger charge is 2.34. The van der Waals surface area contributed by atoms with E-state index in [9.17, 15) is 8.42 Å². The van der Waals surface area contributed by atoms with E-state index in [0.717, 1.165) is 6.42 Å². The zero-order chi connectivity index (χ0) is 15.5. The van der Waals surface area contributed by atoms with Crippen molar-refractivity contribution in [2.45, 2.75) is 37.9 Å². The fraction of sp³-hybridized carbons (Fsp3) is 0.769. The van der Waals surface area contributed by atoms with E-state index in [4.69, 9.17) is 4.74 Å². The van der Waals surface area contributed by atoms with Gasteiger partial charge in [-0.2, -0.15) is 9.40 Å². The molecular weight excluding hydrogens is 292 g/mol. The summed E-state index contributed by atoms with van der Waals surface area (Å²) in [6.07, 6.45) is 2.41. The molecule has 0 aromatic carbocycles. The zero-order valence-corrected chi connectivity index (χ0v) is 13.6. The summed E-state index contributed by atoms with van der Waals surface area (Å²) >= 11 is 0. The van der Waals surface area contributed by atoms with Crippen molar-refractivity contribution in [3.05, 3.63) is 11.8 Å². The molecule has 0 saturated carbocycles. The van der Waals surface area contributed by atoms with Crippen LogP contribution in [0.15, 0.2) is 11.2 Å². The van der Waals surface area contributed by atoms with Crippen molar-refractivity contribution >= 4 is 10.0 Å². The molecule has 2 rings (SSSR count). The monoisotopic (exact) mass is 316 g/mol. The first-order valence-electron chi connectivity index (χ1n) is 7.20. The number of rotatable bonds is 7. The van der Waals surface area contributed by atoms with Crippen molar-refractivity contribution in [2.75, 3.05) is 26.8 Å². The third kappa shape index (κ3) is 3.82. The number of H-pyrrole nitrogens is 1. The number of nitrogens with one attached hydrogen (secondary N) is 2. The number of hydrogen-bond acceptors (Lipinski definition) is 5. The Morgan fingerprint density at radius 3 is 3.00 bits per heavy atom. The lowest BCUT2D eigenvalue weighted by Crippen LogP contribution is -2.31. The van der Waals surface area contributed by atoms with Gasteiger partial charge in [0.25, 0.3) is 10.0 Å². The molecule has 1 aromatic rings. The summed E-state index contributed by atoms with van der Waals surface area (Å²) in [5.74, 6) is 0.268. The summed E-state index contributed by atoms with van der Waals surface area (Å²) in [7, 11) is -1.86. The second-order valence-electron chi connectivity index (χ2n) is 5.73. The van der Waals surface area contributed by atoms with E-state index < -0.39 is 10.0 Å². The summed E-state index contributed by atoms with van der Waals surface area (Å²) in [6.45, 7) is 6.15. The van der Waals surface area contributed by atoms with Gasteiger partial charge in [0.05, 0.1) is 12.8 Å². The lowest BCUT2D eigenvalue weighted by molar-refractivity contribution is 0.157. The topological polar surface area (TPSA) is 87.3 Å². The third-order valence-corrected chi connectivity index (χ3v) is 5.51. The molecule has 0 radical (unpaired) electrons. The normalized spacial score (nSPS) is 20.5. The molecule has 1 atom stereocenters. The Morgan fingerprint density at radius 1 is 1.57 bits per heavy atom. The van der Waals surface area contributed by atoms with Crippen molar-refractivity contribution in [2.24, 2.45) is 5.92 Å². The van der Waals surface area contributed by atoms with E-state index in [1.165, 1.54) is 4.31 Å². The lowest BCUT2D eigenvalue weighted by Gasteiger charge is -2.17. The van der Waals surface area contributed by atoms with Crippen LogP contribution in [0.25, 0.3) is 0 Å². The average Bonchev–Trinajstić information content (AvgIpc) is 3.05. The molecule has 0 aliphatic carbocycles. The van der Waals surface area contributed by atoms with Crippen LogP contribution >= 0.6 is 0 Å². The van der Waals surface area contributed by atoms with Crippen LogP contribution < -0.4 is 5.32 Å². The molecule has 21 heavy (non-hydrogen) atoms. The number of aromatic amines is 1. The van der Waals surface area contributed by atoms with Gasteiger partial charge in [-0.3, -0.25) is 5.10 Å². The minimum Gasteiger partial charge on any atom is -0.384 e. The third-order valence-electron chi connectivity index (χ3n) is 3.63. The average molecular weight is 316 g/mol. The first-order chi connectivity index (χ1) is 9.95. The molecule has 2 N–H and O–H groups in total. The molecule has 2 heterocycles. The number of hydrogen-bond donors (Lipinski definition) is 2. The van der Waals surface area contributed by atoms with Gasteiger partial charge in [-0.25, -0.2) is 8.42 Å². The Bertz CT molecular complexity index is 556. The van der Waals surface area contributed by atoms with Crippen LogP contribution in [-0.4, -0.2) is 55.8 Å². The van der Waals surface area contributed by atoms with Gasteiger partial charge in [-0.05, 0) is 12.3 Å². The maximum Gasteiger partial charge on any atom is 0.260 e. The number of aromatic nitrogens is 2. The Hall–Kier alpha value is -0.960. The first-order valence-corrected chi connectivity index (χ1v) is 8.64. The zero-order valence-electron chi connectivity index (χ0n) is 12.8. The molecule has 1 unspecified atom stereocenters. The molecule has 1 aliphatic heterocycles. The van der Waals surface area contributed by atoms with Gasteiger partial charge in [-0.15, -0.1) is 0 Å². The highest BCUT2D eigenvalue weighted by atomic mass is 32.2. The lowest BCUT2D eigenvalue weighted by atomic mass is 10.1. The minimum absolute atomic E-state index is 0.203. The van der Waals surface area contributed by atoms with Gasteiger partial charge < -0.3 is 10.1 Å². The van der Waals surface area contributed by atoms with E-state index in [0.29, 0.717) is 31.8 Å². The molecule has 1 saturated heterocycles. The molecule has 0 bridgehead atoms. The number of nitrogens with zero attached hydrogens (tertiary/aromatic N) is 2. The van der Waals surface area contributed by atoms with Gasteiger partial charge >= 0.3 is 0 Å². The van der Waals surface area contributed by atoms with Crippen LogP contribution in [0.4, 0.5) is 0 Å².